The number of ether oxygens (including phenoxy) is 1. The first-order valence-electron chi connectivity index (χ1n) is 11.6. The molecule has 0 radical (unpaired) electrons. The number of hydrogen-bond acceptors (Lipinski definition) is 5. The van der Waals surface area contributed by atoms with Gasteiger partial charge in [-0.3, -0.25) is 4.79 Å². The summed E-state index contributed by atoms with van der Waals surface area (Å²) in [6.45, 7) is 6.89. The Morgan fingerprint density at radius 3 is 2.85 bits per heavy atom. The van der Waals surface area contributed by atoms with Gasteiger partial charge in [-0.15, -0.1) is 0 Å². The summed E-state index contributed by atoms with van der Waals surface area (Å²) in [5, 5.41) is 10.2. The normalized spacial score (nSPS) is 19.2. The molecule has 1 saturated heterocycles. The zero-order chi connectivity index (χ0) is 24.0. The molecule has 1 amide bonds. The Morgan fingerprint density at radius 2 is 2.15 bits per heavy atom. The number of para-hydroxylation sites is 1. The monoisotopic (exact) mass is 452 g/mol. The van der Waals surface area contributed by atoms with Gasteiger partial charge in [0, 0.05) is 42.1 Å². The van der Waals surface area contributed by atoms with Gasteiger partial charge in [0.15, 0.2) is 0 Å². The number of rotatable bonds is 8. The molecule has 0 unspecified atom stereocenters. The van der Waals surface area contributed by atoms with Gasteiger partial charge in [-0.1, -0.05) is 32.1 Å². The third-order valence-electron chi connectivity index (χ3n) is 6.46. The molecular weight excluding hydrogens is 416 g/mol. The van der Waals surface area contributed by atoms with Crippen molar-refractivity contribution in [2.24, 2.45) is 5.73 Å². The van der Waals surface area contributed by atoms with Crippen LogP contribution in [0.25, 0.3) is 11.8 Å². The highest BCUT2D eigenvalue weighted by Gasteiger charge is 2.30. The zero-order valence-corrected chi connectivity index (χ0v) is 19.6. The molecule has 1 aliphatic heterocycles. The van der Waals surface area contributed by atoms with Crippen LogP contribution < -0.4 is 11.5 Å². The number of carbonyl (C=O) groups excluding carboxylic acids is 1. The summed E-state index contributed by atoms with van der Waals surface area (Å²) >= 11 is 0. The van der Waals surface area contributed by atoms with E-state index >= 15 is 0 Å². The van der Waals surface area contributed by atoms with Crippen molar-refractivity contribution in [3.05, 3.63) is 59.3 Å². The van der Waals surface area contributed by atoms with E-state index < -0.39 is 0 Å². The molecule has 1 aromatic carbocycles. The van der Waals surface area contributed by atoms with Crippen LogP contribution in [0.5, 0.6) is 5.75 Å². The molecule has 1 aliphatic rings. The SMILES string of the molecule is C=CC(=O)N(C)[C@@H]1COCC[C@@H](c2[nH]c(N)c(/C=C(\N)c3ccccc3O)c2CCCC)C1. The number of unbranched alkanes of at least 4 members (excludes halogenated alkanes) is 1. The van der Waals surface area contributed by atoms with Crippen molar-refractivity contribution in [2.75, 3.05) is 26.0 Å². The standard InChI is InChI=1S/C26H36N4O3/c1-4-6-9-19-21(15-22(27)20-10-7-8-11-23(20)31)26(28)29-25(19)17-12-13-33-16-18(14-17)30(3)24(32)5-2/h5,7-8,10-11,15,17-18,29,31H,2,4,6,9,12-14,16,27-28H2,1,3H3/b22-15-/t17-,18+/m1/s1. The maximum Gasteiger partial charge on any atom is 0.246 e. The number of phenols is 1. The highest BCUT2D eigenvalue weighted by molar-refractivity contribution is 5.87. The van der Waals surface area contributed by atoms with Crippen LogP contribution in [0.1, 0.15) is 60.9 Å². The number of aromatic hydroxyl groups is 1. The smallest absolute Gasteiger partial charge is 0.246 e. The zero-order valence-electron chi connectivity index (χ0n) is 19.6. The van der Waals surface area contributed by atoms with E-state index in [4.69, 9.17) is 16.2 Å². The number of likely N-dealkylation sites (N-methyl/N-ethyl adjacent to an activating group) is 1. The second-order valence-electron chi connectivity index (χ2n) is 8.67. The Balaban J connectivity index is 2.00. The minimum Gasteiger partial charge on any atom is -0.507 e. The summed E-state index contributed by atoms with van der Waals surface area (Å²) in [6, 6.07) is 6.96. The van der Waals surface area contributed by atoms with Crippen LogP contribution >= 0.6 is 0 Å². The van der Waals surface area contributed by atoms with Crippen molar-refractivity contribution in [3.63, 3.8) is 0 Å². The van der Waals surface area contributed by atoms with Crippen molar-refractivity contribution in [2.45, 2.75) is 51.0 Å². The molecule has 1 fully saturated rings. The lowest BCUT2D eigenvalue weighted by Gasteiger charge is -2.28. The number of nitrogens with zero attached hydrogens (tertiary/aromatic N) is 1. The van der Waals surface area contributed by atoms with E-state index in [2.05, 4.69) is 18.5 Å². The third kappa shape index (κ3) is 5.60. The average Bonchev–Trinajstić information content (AvgIpc) is 2.97. The van der Waals surface area contributed by atoms with Crippen LogP contribution in [-0.4, -0.2) is 47.2 Å². The highest BCUT2D eigenvalue weighted by atomic mass is 16.5. The summed E-state index contributed by atoms with van der Waals surface area (Å²) in [7, 11) is 1.79. The fraction of sp³-hybridized carbons (Fsp3) is 0.423. The van der Waals surface area contributed by atoms with Gasteiger partial charge in [0.25, 0.3) is 0 Å². The number of amides is 1. The number of nitrogen functional groups attached to an aromatic ring is 1. The molecule has 7 nitrogen and oxygen atoms in total. The molecule has 0 bridgehead atoms. The Hall–Kier alpha value is -3.19. The Kier molecular flexibility index (Phi) is 8.22. The highest BCUT2D eigenvalue weighted by Crippen LogP contribution is 2.37. The molecule has 7 heteroatoms. The number of H-pyrrole nitrogens is 1. The van der Waals surface area contributed by atoms with E-state index in [0.717, 1.165) is 48.9 Å². The molecule has 2 aromatic rings. The van der Waals surface area contributed by atoms with E-state index in [1.54, 1.807) is 30.1 Å². The van der Waals surface area contributed by atoms with Crippen LogP contribution in [0.4, 0.5) is 5.82 Å². The van der Waals surface area contributed by atoms with E-state index in [1.165, 1.54) is 6.08 Å². The van der Waals surface area contributed by atoms with Crippen LogP contribution in [0.3, 0.4) is 0 Å². The van der Waals surface area contributed by atoms with Gasteiger partial charge in [-0.05, 0) is 55.5 Å². The minimum atomic E-state index is -0.111. The third-order valence-corrected chi connectivity index (χ3v) is 6.46. The van der Waals surface area contributed by atoms with Gasteiger partial charge < -0.3 is 31.2 Å². The van der Waals surface area contributed by atoms with Gasteiger partial charge in [0.1, 0.15) is 11.6 Å². The molecule has 0 spiro atoms. The molecule has 1 aromatic heterocycles. The predicted molar refractivity (Wildman–Crippen MR) is 134 cm³/mol. The first-order valence-corrected chi connectivity index (χ1v) is 11.6. The summed E-state index contributed by atoms with van der Waals surface area (Å²) in [4.78, 5) is 17.3. The lowest BCUT2D eigenvalue weighted by molar-refractivity contribution is -0.127. The second kappa shape index (κ2) is 11.1. The number of nitrogens with one attached hydrogen (secondary N) is 1. The van der Waals surface area contributed by atoms with E-state index in [-0.39, 0.29) is 23.6 Å². The second-order valence-corrected chi connectivity index (χ2v) is 8.67. The maximum atomic E-state index is 12.2. The Morgan fingerprint density at radius 1 is 1.39 bits per heavy atom. The van der Waals surface area contributed by atoms with Crippen molar-refractivity contribution >= 4 is 23.5 Å². The number of aromatic amines is 1. The molecule has 3 rings (SSSR count). The van der Waals surface area contributed by atoms with Gasteiger partial charge in [-0.25, -0.2) is 0 Å². The van der Waals surface area contributed by atoms with Gasteiger partial charge in [-0.2, -0.15) is 0 Å². The number of carbonyl (C=O) groups is 1. The average molecular weight is 453 g/mol. The van der Waals surface area contributed by atoms with Gasteiger partial charge >= 0.3 is 0 Å². The van der Waals surface area contributed by atoms with Gasteiger partial charge in [0.05, 0.1) is 12.6 Å². The van der Waals surface area contributed by atoms with Crippen LogP contribution in [0, 0.1) is 0 Å². The molecule has 2 heterocycles. The number of hydrogen-bond donors (Lipinski definition) is 4. The Labute approximate surface area is 196 Å². The van der Waals surface area contributed by atoms with Crippen molar-refractivity contribution < 1.29 is 14.6 Å². The fourth-order valence-electron chi connectivity index (χ4n) is 4.50. The van der Waals surface area contributed by atoms with Crippen LogP contribution in [0.2, 0.25) is 0 Å². The number of phenolic OH excluding ortho intramolecular Hbond substituents is 1. The number of anilines is 1. The topological polar surface area (TPSA) is 118 Å². The molecule has 0 aliphatic carbocycles. The number of benzene rings is 1. The molecular formula is C26H36N4O3. The largest absolute Gasteiger partial charge is 0.507 e. The first kappa shape index (κ1) is 24.5. The fourth-order valence-corrected chi connectivity index (χ4v) is 4.50. The lowest BCUT2D eigenvalue weighted by Crippen LogP contribution is -2.39. The van der Waals surface area contributed by atoms with Crippen molar-refractivity contribution in [3.8, 4) is 5.75 Å². The maximum absolute atomic E-state index is 12.2. The molecule has 2 atom stereocenters. The summed E-state index contributed by atoms with van der Waals surface area (Å²) in [6.07, 6.45) is 7.73. The summed E-state index contributed by atoms with van der Waals surface area (Å²) in [5.41, 5.74) is 17.0. The summed E-state index contributed by atoms with van der Waals surface area (Å²) < 4.78 is 5.84. The van der Waals surface area contributed by atoms with E-state index in [9.17, 15) is 9.90 Å². The number of aromatic nitrogens is 1. The van der Waals surface area contributed by atoms with Crippen LogP contribution in [0.15, 0.2) is 36.9 Å². The predicted octanol–water partition coefficient (Wildman–Crippen LogP) is 4.01. The van der Waals surface area contributed by atoms with Gasteiger partial charge in [0.2, 0.25) is 5.91 Å². The first-order chi connectivity index (χ1) is 15.9. The van der Waals surface area contributed by atoms with Crippen molar-refractivity contribution in [1.29, 1.82) is 0 Å². The number of nitrogens with two attached hydrogens (primary N) is 2. The van der Waals surface area contributed by atoms with E-state index in [1.807, 2.05) is 12.1 Å². The van der Waals surface area contributed by atoms with Crippen LogP contribution in [-0.2, 0) is 16.0 Å². The Bertz CT molecular complexity index is 1010. The molecule has 33 heavy (non-hydrogen) atoms. The molecule has 6 N–H and O–H groups in total. The van der Waals surface area contributed by atoms with E-state index in [0.29, 0.717) is 30.3 Å². The lowest BCUT2D eigenvalue weighted by atomic mass is 9.89. The molecule has 0 saturated carbocycles. The quantitative estimate of drug-likeness (QED) is 0.452. The summed E-state index contributed by atoms with van der Waals surface area (Å²) in [5.74, 6) is 0.752. The molecule has 178 valence electrons. The van der Waals surface area contributed by atoms with Crippen molar-refractivity contribution in [1.82, 2.24) is 9.88 Å². The minimum absolute atomic E-state index is 0.0446.